The summed E-state index contributed by atoms with van der Waals surface area (Å²) in [6.07, 6.45) is -4.77. The van der Waals surface area contributed by atoms with Crippen molar-refractivity contribution in [2.75, 3.05) is 13.3 Å². The van der Waals surface area contributed by atoms with Crippen molar-refractivity contribution in [1.82, 2.24) is 0 Å². The van der Waals surface area contributed by atoms with Crippen LogP contribution in [0.4, 0.5) is 17.6 Å². The molecule has 0 saturated carbocycles. The summed E-state index contributed by atoms with van der Waals surface area (Å²) >= 11 is 2.99. The van der Waals surface area contributed by atoms with Crippen LogP contribution in [0.3, 0.4) is 0 Å². The second-order valence-corrected chi connectivity index (χ2v) is 3.62. The summed E-state index contributed by atoms with van der Waals surface area (Å²) in [7, 11) is 0. The minimum Gasteiger partial charge on any atom is -0.491 e. The van der Waals surface area contributed by atoms with E-state index in [4.69, 9.17) is 4.74 Å². The van der Waals surface area contributed by atoms with Crippen LogP contribution in [0.2, 0.25) is 0 Å². The first-order valence-electron chi connectivity index (χ1n) is 4.16. The van der Waals surface area contributed by atoms with Gasteiger partial charge in [-0.25, -0.2) is 4.39 Å². The molecule has 0 heterocycles. The highest BCUT2D eigenvalue weighted by Gasteiger charge is 2.31. The zero-order valence-corrected chi connectivity index (χ0v) is 9.44. The predicted octanol–water partition coefficient (Wildman–Crippen LogP) is 3.70. The molecule has 1 aromatic rings. The number of benzene rings is 1. The number of hydrogen-bond acceptors (Lipinski definition) is 2. The summed E-state index contributed by atoms with van der Waals surface area (Å²) in [6.45, 7) is -0.941. The van der Waals surface area contributed by atoms with Gasteiger partial charge in [0.25, 0.3) is 0 Å². The summed E-state index contributed by atoms with van der Waals surface area (Å²) in [6, 6.07) is 3.59. The lowest BCUT2D eigenvalue weighted by atomic mass is 10.3. The molecule has 16 heavy (non-hydrogen) atoms. The summed E-state index contributed by atoms with van der Waals surface area (Å²) in [5.41, 5.74) is 0. The lowest BCUT2D eigenvalue weighted by Gasteiger charge is -2.11. The molecule has 1 rings (SSSR count). The van der Waals surface area contributed by atoms with E-state index in [1.54, 1.807) is 0 Å². The zero-order valence-electron chi connectivity index (χ0n) is 7.85. The van der Waals surface area contributed by atoms with Gasteiger partial charge in [0.1, 0.15) is 24.8 Å². The first-order chi connectivity index (χ1) is 7.40. The van der Waals surface area contributed by atoms with Crippen molar-refractivity contribution in [3.05, 3.63) is 22.7 Å². The smallest absolute Gasteiger partial charge is 0.491 e. The van der Waals surface area contributed by atoms with Gasteiger partial charge in [0, 0.05) is 10.5 Å². The third-order valence-corrected chi connectivity index (χ3v) is 1.88. The third kappa shape index (κ3) is 4.69. The highest BCUT2D eigenvalue weighted by molar-refractivity contribution is 9.10. The van der Waals surface area contributed by atoms with Crippen molar-refractivity contribution in [3.63, 3.8) is 0 Å². The minimum atomic E-state index is -4.77. The Hall–Kier alpha value is -0.980. The first-order valence-corrected chi connectivity index (χ1v) is 4.95. The van der Waals surface area contributed by atoms with Crippen LogP contribution in [0, 0.1) is 0 Å². The predicted molar refractivity (Wildman–Crippen MR) is 52.3 cm³/mol. The molecule has 90 valence electrons. The Morgan fingerprint density at radius 2 is 1.75 bits per heavy atom. The molecular weight excluding hydrogens is 296 g/mol. The van der Waals surface area contributed by atoms with Crippen molar-refractivity contribution < 1.29 is 27.0 Å². The lowest BCUT2D eigenvalue weighted by Crippen LogP contribution is -2.17. The van der Waals surface area contributed by atoms with Crippen LogP contribution in [0.15, 0.2) is 22.7 Å². The third-order valence-electron chi connectivity index (χ3n) is 1.42. The highest BCUT2D eigenvalue weighted by atomic mass is 79.9. The number of alkyl halides is 4. The maximum atomic E-state index is 11.9. The van der Waals surface area contributed by atoms with E-state index in [9.17, 15) is 17.6 Å². The molecule has 0 amide bonds. The van der Waals surface area contributed by atoms with Crippen molar-refractivity contribution in [3.8, 4) is 11.5 Å². The monoisotopic (exact) mass is 302 g/mol. The van der Waals surface area contributed by atoms with Gasteiger partial charge in [-0.3, -0.25) is 0 Å². The lowest BCUT2D eigenvalue weighted by molar-refractivity contribution is -0.274. The molecule has 0 unspecified atom stereocenters. The molecule has 0 aliphatic rings. The summed E-state index contributed by atoms with van der Waals surface area (Å²) in [5, 5.41) is 0. The zero-order chi connectivity index (χ0) is 12.2. The fourth-order valence-corrected chi connectivity index (χ4v) is 1.42. The Balaban J connectivity index is 2.81. The molecular formula is C9H7BrF4O2. The van der Waals surface area contributed by atoms with Crippen LogP contribution in [-0.4, -0.2) is 19.6 Å². The molecule has 0 aliphatic heterocycles. The van der Waals surface area contributed by atoms with Gasteiger partial charge < -0.3 is 9.47 Å². The van der Waals surface area contributed by atoms with Crippen LogP contribution in [0.1, 0.15) is 0 Å². The second-order valence-electron chi connectivity index (χ2n) is 2.71. The quantitative estimate of drug-likeness (QED) is 0.790. The van der Waals surface area contributed by atoms with E-state index in [1.807, 2.05) is 0 Å². The van der Waals surface area contributed by atoms with Crippen LogP contribution in [0.5, 0.6) is 11.5 Å². The molecule has 0 fully saturated rings. The average Bonchev–Trinajstić information content (AvgIpc) is 2.10. The van der Waals surface area contributed by atoms with Crippen molar-refractivity contribution >= 4 is 15.9 Å². The first kappa shape index (κ1) is 13.1. The summed E-state index contributed by atoms with van der Waals surface area (Å²) < 4.78 is 56.4. The van der Waals surface area contributed by atoms with Gasteiger partial charge in [-0.2, -0.15) is 0 Å². The standard InChI is InChI=1S/C9H7BrF4O2/c10-6-3-7(15-2-1-11)5-8(4-6)16-9(12,13)14/h3-5H,1-2H2. The van der Waals surface area contributed by atoms with E-state index < -0.39 is 18.8 Å². The van der Waals surface area contributed by atoms with Crippen LogP contribution >= 0.6 is 15.9 Å². The Morgan fingerprint density at radius 3 is 2.31 bits per heavy atom. The Bertz CT molecular complexity index is 354. The Labute approximate surface area is 97.3 Å². The van der Waals surface area contributed by atoms with E-state index in [0.29, 0.717) is 4.47 Å². The normalized spacial score (nSPS) is 11.3. The number of rotatable bonds is 4. The van der Waals surface area contributed by atoms with Gasteiger partial charge in [0.05, 0.1) is 0 Å². The molecule has 0 aromatic heterocycles. The summed E-state index contributed by atoms with van der Waals surface area (Å²) in [4.78, 5) is 0. The van der Waals surface area contributed by atoms with Crippen molar-refractivity contribution in [2.24, 2.45) is 0 Å². The molecule has 1 aromatic carbocycles. The molecule has 0 atom stereocenters. The van der Waals surface area contributed by atoms with E-state index in [-0.39, 0.29) is 12.4 Å². The van der Waals surface area contributed by atoms with E-state index in [1.165, 1.54) is 6.07 Å². The van der Waals surface area contributed by atoms with Gasteiger partial charge in [-0.05, 0) is 12.1 Å². The van der Waals surface area contributed by atoms with E-state index >= 15 is 0 Å². The highest BCUT2D eigenvalue weighted by Crippen LogP contribution is 2.30. The fraction of sp³-hybridized carbons (Fsp3) is 0.333. The Morgan fingerprint density at radius 1 is 1.12 bits per heavy atom. The fourth-order valence-electron chi connectivity index (χ4n) is 0.969. The molecule has 0 N–H and O–H groups in total. The van der Waals surface area contributed by atoms with Gasteiger partial charge in [-0.1, -0.05) is 15.9 Å². The Kier molecular flexibility index (Phi) is 4.40. The maximum absolute atomic E-state index is 11.9. The molecule has 0 saturated heterocycles. The van der Waals surface area contributed by atoms with Crippen LogP contribution in [0.25, 0.3) is 0 Å². The second kappa shape index (κ2) is 5.38. The van der Waals surface area contributed by atoms with Gasteiger partial charge in [0.15, 0.2) is 0 Å². The largest absolute Gasteiger partial charge is 0.573 e. The van der Waals surface area contributed by atoms with Crippen LogP contribution in [-0.2, 0) is 0 Å². The summed E-state index contributed by atoms with van der Waals surface area (Å²) in [5.74, 6) is -0.318. The van der Waals surface area contributed by atoms with Gasteiger partial charge in [-0.15, -0.1) is 13.2 Å². The number of halogens is 5. The molecule has 0 aliphatic carbocycles. The topological polar surface area (TPSA) is 18.5 Å². The minimum absolute atomic E-state index is 0.103. The molecule has 2 nitrogen and oxygen atoms in total. The molecule has 7 heteroatoms. The maximum Gasteiger partial charge on any atom is 0.573 e. The van der Waals surface area contributed by atoms with E-state index in [2.05, 4.69) is 20.7 Å². The molecule has 0 radical (unpaired) electrons. The molecule has 0 spiro atoms. The van der Waals surface area contributed by atoms with Gasteiger partial charge >= 0.3 is 6.36 Å². The molecule has 0 bridgehead atoms. The number of ether oxygens (including phenoxy) is 2. The van der Waals surface area contributed by atoms with Crippen LogP contribution < -0.4 is 9.47 Å². The van der Waals surface area contributed by atoms with Crippen molar-refractivity contribution in [1.29, 1.82) is 0 Å². The van der Waals surface area contributed by atoms with Crippen molar-refractivity contribution in [2.45, 2.75) is 6.36 Å². The van der Waals surface area contributed by atoms with Gasteiger partial charge in [0.2, 0.25) is 0 Å². The van der Waals surface area contributed by atoms with E-state index in [0.717, 1.165) is 12.1 Å². The SMILES string of the molecule is FCCOc1cc(Br)cc(OC(F)(F)F)c1. The average molecular weight is 303 g/mol. The number of hydrogen-bond donors (Lipinski definition) is 0.